The summed E-state index contributed by atoms with van der Waals surface area (Å²) in [6.45, 7) is 5.62. The lowest BCUT2D eigenvalue weighted by atomic mass is 9.78. The summed E-state index contributed by atoms with van der Waals surface area (Å²) in [5, 5.41) is 3.51. The van der Waals surface area contributed by atoms with Gasteiger partial charge >= 0.3 is 0 Å². The third-order valence-electron chi connectivity index (χ3n) is 2.83. The van der Waals surface area contributed by atoms with Crippen molar-refractivity contribution in [2.24, 2.45) is 5.92 Å². The van der Waals surface area contributed by atoms with E-state index in [9.17, 15) is 0 Å². The van der Waals surface area contributed by atoms with Crippen LogP contribution in [0.25, 0.3) is 0 Å². The molecular formula is C10H22N2. The fourth-order valence-electron chi connectivity index (χ4n) is 1.86. The van der Waals surface area contributed by atoms with Gasteiger partial charge in [-0.2, -0.15) is 0 Å². The second-order valence-corrected chi connectivity index (χ2v) is 4.43. The van der Waals surface area contributed by atoms with Crippen molar-refractivity contribution >= 4 is 0 Å². The van der Waals surface area contributed by atoms with E-state index in [0.717, 1.165) is 12.0 Å². The Morgan fingerprint density at radius 1 is 1.33 bits per heavy atom. The molecule has 12 heavy (non-hydrogen) atoms. The lowest BCUT2D eigenvalue weighted by Gasteiger charge is -2.41. The molecule has 2 atom stereocenters. The van der Waals surface area contributed by atoms with Crippen molar-refractivity contribution in [3.05, 3.63) is 0 Å². The standard InChI is InChI=1S/C10H22N2/c1-8(2)11-7-9-5-6-10(9)12(3)4/h8-11H,5-7H2,1-4H3. The molecule has 0 saturated heterocycles. The first-order valence-electron chi connectivity index (χ1n) is 5.01. The predicted octanol–water partition coefficient (Wildman–Crippen LogP) is 1.32. The second kappa shape index (κ2) is 4.24. The van der Waals surface area contributed by atoms with E-state index in [-0.39, 0.29) is 0 Å². The summed E-state index contributed by atoms with van der Waals surface area (Å²) in [4.78, 5) is 2.36. The summed E-state index contributed by atoms with van der Waals surface area (Å²) in [6, 6.07) is 1.46. The van der Waals surface area contributed by atoms with Crippen molar-refractivity contribution in [3.63, 3.8) is 0 Å². The summed E-state index contributed by atoms with van der Waals surface area (Å²) < 4.78 is 0. The van der Waals surface area contributed by atoms with Crippen LogP contribution in [0.5, 0.6) is 0 Å². The van der Waals surface area contributed by atoms with Gasteiger partial charge in [0.05, 0.1) is 0 Å². The van der Waals surface area contributed by atoms with Crippen LogP contribution in [0, 0.1) is 5.92 Å². The molecule has 0 bridgehead atoms. The third kappa shape index (κ3) is 2.46. The van der Waals surface area contributed by atoms with Crippen LogP contribution in [0.4, 0.5) is 0 Å². The van der Waals surface area contributed by atoms with Gasteiger partial charge in [-0.05, 0) is 39.4 Å². The summed E-state index contributed by atoms with van der Waals surface area (Å²) >= 11 is 0. The summed E-state index contributed by atoms with van der Waals surface area (Å²) in [7, 11) is 4.37. The number of nitrogens with zero attached hydrogens (tertiary/aromatic N) is 1. The van der Waals surface area contributed by atoms with Gasteiger partial charge in [0, 0.05) is 12.1 Å². The maximum atomic E-state index is 3.51. The molecule has 0 heterocycles. The zero-order valence-corrected chi connectivity index (χ0v) is 8.80. The quantitative estimate of drug-likeness (QED) is 0.684. The van der Waals surface area contributed by atoms with Crippen LogP contribution in [0.15, 0.2) is 0 Å². The minimum absolute atomic E-state index is 0.633. The number of hydrogen-bond acceptors (Lipinski definition) is 2. The Morgan fingerprint density at radius 2 is 2.00 bits per heavy atom. The molecule has 1 aliphatic rings. The molecule has 1 fully saturated rings. The van der Waals surface area contributed by atoms with Crippen LogP contribution in [-0.2, 0) is 0 Å². The van der Waals surface area contributed by atoms with Gasteiger partial charge < -0.3 is 10.2 Å². The molecule has 1 N–H and O–H groups in total. The van der Waals surface area contributed by atoms with Crippen LogP contribution >= 0.6 is 0 Å². The van der Waals surface area contributed by atoms with Crippen LogP contribution < -0.4 is 5.32 Å². The average Bonchev–Trinajstić information content (AvgIpc) is 1.82. The van der Waals surface area contributed by atoms with Crippen molar-refractivity contribution in [1.29, 1.82) is 0 Å². The van der Waals surface area contributed by atoms with Gasteiger partial charge in [-0.15, -0.1) is 0 Å². The molecule has 0 amide bonds. The van der Waals surface area contributed by atoms with E-state index in [4.69, 9.17) is 0 Å². The van der Waals surface area contributed by atoms with Crippen molar-refractivity contribution in [3.8, 4) is 0 Å². The molecule has 0 aliphatic heterocycles. The lowest BCUT2D eigenvalue weighted by Crippen LogP contribution is -2.48. The summed E-state index contributed by atoms with van der Waals surface area (Å²) in [5.41, 5.74) is 0. The van der Waals surface area contributed by atoms with E-state index in [1.54, 1.807) is 0 Å². The van der Waals surface area contributed by atoms with E-state index >= 15 is 0 Å². The van der Waals surface area contributed by atoms with Crippen LogP contribution in [0.1, 0.15) is 26.7 Å². The van der Waals surface area contributed by atoms with Gasteiger partial charge in [-0.3, -0.25) is 0 Å². The number of nitrogens with one attached hydrogen (secondary N) is 1. The first kappa shape index (κ1) is 10.0. The minimum Gasteiger partial charge on any atom is -0.314 e. The van der Waals surface area contributed by atoms with Crippen molar-refractivity contribution in [1.82, 2.24) is 10.2 Å². The average molecular weight is 170 g/mol. The van der Waals surface area contributed by atoms with Crippen LogP contribution in [0.2, 0.25) is 0 Å². The van der Waals surface area contributed by atoms with E-state index in [0.29, 0.717) is 6.04 Å². The zero-order valence-electron chi connectivity index (χ0n) is 8.80. The number of rotatable bonds is 4. The van der Waals surface area contributed by atoms with Crippen LogP contribution in [-0.4, -0.2) is 37.6 Å². The lowest BCUT2D eigenvalue weighted by molar-refractivity contribution is 0.104. The number of hydrogen-bond donors (Lipinski definition) is 1. The van der Waals surface area contributed by atoms with E-state index in [2.05, 4.69) is 38.2 Å². The predicted molar refractivity (Wildman–Crippen MR) is 53.3 cm³/mol. The summed E-state index contributed by atoms with van der Waals surface area (Å²) in [6.07, 6.45) is 2.79. The maximum absolute atomic E-state index is 3.51. The van der Waals surface area contributed by atoms with E-state index < -0.39 is 0 Å². The first-order valence-corrected chi connectivity index (χ1v) is 5.01. The molecule has 0 aromatic rings. The smallest absolute Gasteiger partial charge is 0.0130 e. The van der Waals surface area contributed by atoms with Crippen LogP contribution in [0.3, 0.4) is 0 Å². The highest BCUT2D eigenvalue weighted by molar-refractivity contribution is 4.87. The Bertz CT molecular complexity index is 132. The molecule has 1 aliphatic carbocycles. The van der Waals surface area contributed by atoms with Gasteiger partial charge in [-0.25, -0.2) is 0 Å². The normalized spacial score (nSPS) is 29.5. The molecule has 0 aromatic carbocycles. The molecule has 0 radical (unpaired) electrons. The first-order chi connectivity index (χ1) is 5.61. The Kier molecular flexibility index (Phi) is 3.53. The van der Waals surface area contributed by atoms with Gasteiger partial charge in [0.15, 0.2) is 0 Å². The zero-order chi connectivity index (χ0) is 9.14. The molecule has 2 nitrogen and oxygen atoms in total. The SMILES string of the molecule is CC(C)NCC1CCC1N(C)C. The van der Waals surface area contributed by atoms with E-state index in [1.807, 2.05) is 0 Å². The molecular weight excluding hydrogens is 148 g/mol. The minimum atomic E-state index is 0.633. The largest absolute Gasteiger partial charge is 0.314 e. The topological polar surface area (TPSA) is 15.3 Å². The van der Waals surface area contributed by atoms with Crippen molar-refractivity contribution < 1.29 is 0 Å². The monoisotopic (exact) mass is 170 g/mol. The fraction of sp³-hybridized carbons (Fsp3) is 1.00. The third-order valence-corrected chi connectivity index (χ3v) is 2.83. The molecule has 72 valence electrons. The van der Waals surface area contributed by atoms with Gasteiger partial charge in [0.25, 0.3) is 0 Å². The molecule has 2 unspecified atom stereocenters. The van der Waals surface area contributed by atoms with E-state index in [1.165, 1.54) is 19.4 Å². The Hall–Kier alpha value is -0.0800. The molecule has 0 spiro atoms. The molecule has 1 rings (SSSR count). The Labute approximate surface area is 76.3 Å². The fourth-order valence-corrected chi connectivity index (χ4v) is 1.86. The van der Waals surface area contributed by atoms with Crippen molar-refractivity contribution in [2.45, 2.75) is 38.8 Å². The highest BCUT2D eigenvalue weighted by Crippen LogP contribution is 2.29. The van der Waals surface area contributed by atoms with Gasteiger partial charge in [0.1, 0.15) is 0 Å². The molecule has 0 aromatic heterocycles. The van der Waals surface area contributed by atoms with Gasteiger partial charge in [0.2, 0.25) is 0 Å². The highest BCUT2D eigenvalue weighted by Gasteiger charge is 2.31. The molecule has 1 saturated carbocycles. The Morgan fingerprint density at radius 3 is 2.33 bits per heavy atom. The van der Waals surface area contributed by atoms with Gasteiger partial charge in [-0.1, -0.05) is 13.8 Å². The molecule has 2 heteroatoms. The maximum Gasteiger partial charge on any atom is 0.0130 e. The summed E-state index contributed by atoms with van der Waals surface area (Å²) in [5.74, 6) is 0.891. The second-order valence-electron chi connectivity index (χ2n) is 4.43. The highest BCUT2D eigenvalue weighted by atomic mass is 15.1. The van der Waals surface area contributed by atoms with Crippen molar-refractivity contribution in [2.75, 3.05) is 20.6 Å². The Balaban J connectivity index is 2.17.